The van der Waals surface area contributed by atoms with Crippen molar-refractivity contribution in [1.29, 1.82) is 0 Å². The number of benzene rings is 2. The highest BCUT2D eigenvalue weighted by molar-refractivity contribution is 6.33. The summed E-state index contributed by atoms with van der Waals surface area (Å²) < 4.78 is 2.18. The van der Waals surface area contributed by atoms with Crippen molar-refractivity contribution in [3.63, 3.8) is 0 Å². The fourth-order valence-electron chi connectivity index (χ4n) is 4.43. The van der Waals surface area contributed by atoms with Crippen LogP contribution in [0, 0.1) is 0 Å². The van der Waals surface area contributed by atoms with E-state index in [1.54, 1.807) is 29.2 Å². The molecule has 1 aliphatic heterocycles. The highest BCUT2D eigenvalue weighted by Crippen LogP contribution is 2.34. The first-order valence-electron chi connectivity index (χ1n) is 10.8. The second-order valence-electron chi connectivity index (χ2n) is 8.31. The Labute approximate surface area is 197 Å². The second-order valence-corrected chi connectivity index (χ2v) is 9.16. The molecule has 7 heteroatoms. The minimum absolute atomic E-state index is 0.0412. The summed E-state index contributed by atoms with van der Waals surface area (Å²) in [6, 6.07) is 18.5. The maximum Gasteiger partial charge on any atom is 0.256 e. The molecule has 1 aromatic heterocycles. The maximum atomic E-state index is 13.6. The third-order valence-electron chi connectivity index (χ3n) is 6.20. The van der Waals surface area contributed by atoms with E-state index < -0.39 is 0 Å². The lowest BCUT2D eigenvalue weighted by molar-refractivity contribution is -0.134. The molecule has 0 N–H and O–H groups in total. The minimum Gasteiger partial charge on any atom is -0.348 e. The number of amides is 2. The van der Waals surface area contributed by atoms with Gasteiger partial charge in [0.2, 0.25) is 5.91 Å². The number of hydrogen-bond acceptors (Lipinski definition) is 2. The molecule has 2 aliphatic rings. The Morgan fingerprint density at radius 2 is 1.69 bits per heavy atom. The average molecular weight is 468 g/mol. The molecule has 1 atom stereocenters. The van der Waals surface area contributed by atoms with Gasteiger partial charge in [0.1, 0.15) is 6.54 Å². The van der Waals surface area contributed by atoms with Crippen LogP contribution in [0.25, 0.3) is 0 Å². The van der Waals surface area contributed by atoms with Gasteiger partial charge in [-0.1, -0.05) is 47.5 Å². The van der Waals surface area contributed by atoms with Crippen molar-refractivity contribution in [3.05, 3.63) is 93.7 Å². The molecular formula is C25H23Cl2N3O2. The van der Waals surface area contributed by atoms with Gasteiger partial charge < -0.3 is 14.4 Å². The van der Waals surface area contributed by atoms with Gasteiger partial charge in [-0.15, -0.1) is 0 Å². The smallest absolute Gasteiger partial charge is 0.256 e. The molecule has 2 amide bonds. The van der Waals surface area contributed by atoms with E-state index in [4.69, 9.17) is 23.2 Å². The lowest BCUT2D eigenvalue weighted by Gasteiger charge is -2.38. The first-order chi connectivity index (χ1) is 15.5. The predicted molar refractivity (Wildman–Crippen MR) is 125 cm³/mol. The molecule has 32 heavy (non-hydrogen) atoms. The molecule has 3 aromatic rings. The first kappa shape index (κ1) is 21.1. The molecule has 1 unspecified atom stereocenters. The van der Waals surface area contributed by atoms with Crippen molar-refractivity contribution in [2.75, 3.05) is 13.1 Å². The first-order valence-corrected chi connectivity index (χ1v) is 11.5. The van der Waals surface area contributed by atoms with Crippen molar-refractivity contribution in [1.82, 2.24) is 14.4 Å². The lowest BCUT2D eigenvalue weighted by Crippen LogP contribution is -2.48. The van der Waals surface area contributed by atoms with E-state index >= 15 is 0 Å². The number of carbonyl (C=O) groups excluding carboxylic acids is 2. The number of nitrogens with zero attached hydrogens (tertiary/aromatic N) is 3. The van der Waals surface area contributed by atoms with E-state index in [0.717, 1.165) is 30.6 Å². The molecule has 1 aliphatic carbocycles. The van der Waals surface area contributed by atoms with Crippen molar-refractivity contribution in [2.24, 2.45) is 0 Å². The quantitative estimate of drug-likeness (QED) is 0.527. The Morgan fingerprint density at radius 3 is 2.41 bits per heavy atom. The van der Waals surface area contributed by atoms with Crippen LogP contribution in [-0.2, 0) is 11.3 Å². The Balaban J connectivity index is 1.43. The summed E-state index contributed by atoms with van der Waals surface area (Å²) in [6.45, 7) is 1.34. The lowest BCUT2D eigenvalue weighted by atomic mass is 9.99. The fraction of sp³-hybridized carbons (Fsp3) is 0.280. The van der Waals surface area contributed by atoms with Crippen LogP contribution in [0.5, 0.6) is 0 Å². The van der Waals surface area contributed by atoms with Gasteiger partial charge in [0.25, 0.3) is 5.91 Å². The average Bonchev–Trinajstić information content (AvgIpc) is 3.53. The summed E-state index contributed by atoms with van der Waals surface area (Å²) in [5.41, 5.74) is 2.50. The molecule has 5 nitrogen and oxygen atoms in total. The summed E-state index contributed by atoms with van der Waals surface area (Å²) in [4.78, 5) is 30.4. The van der Waals surface area contributed by atoms with Crippen LogP contribution in [0.3, 0.4) is 0 Å². The Bertz CT molecular complexity index is 1150. The van der Waals surface area contributed by atoms with Crippen LogP contribution in [0.4, 0.5) is 0 Å². The second kappa shape index (κ2) is 8.64. The van der Waals surface area contributed by atoms with Crippen LogP contribution in [-0.4, -0.2) is 45.3 Å². The van der Waals surface area contributed by atoms with Crippen molar-refractivity contribution >= 4 is 35.0 Å². The molecule has 2 heterocycles. The number of rotatable bonds is 5. The molecule has 0 spiro atoms. The van der Waals surface area contributed by atoms with Crippen LogP contribution in [0.1, 0.15) is 40.5 Å². The van der Waals surface area contributed by atoms with Gasteiger partial charge in [-0.25, -0.2) is 0 Å². The predicted octanol–water partition coefficient (Wildman–Crippen LogP) is 5.03. The summed E-state index contributed by atoms with van der Waals surface area (Å²) in [5.74, 6) is -0.250. The van der Waals surface area contributed by atoms with Gasteiger partial charge in [0.05, 0.1) is 16.6 Å². The summed E-state index contributed by atoms with van der Waals surface area (Å²) in [6.07, 6.45) is 3.86. The zero-order valence-corrected chi connectivity index (χ0v) is 19.0. The fourth-order valence-corrected chi connectivity index (χ4v) is 4.77. The molecule has 0 radical (unpaired) electrons. The third kappa shape index (κ3) is 4.03. The largest absolute Gasteiger partial charge is 0.348 e. The molecular weight excluding hydrogens is 445 g/mol. The number of fused-ring (bicyclic) bond motifs is 1. The van der Waals surface area contributed by atoms with Crippen LogP contribution in [0.15, 0.2) is 66.9 Å². The van der Waals surface area contributed by atoms with Crippen molar-refractivity contribution < 1.29 is 9.59 Å². The van der Waals surface area contributed by atoms with Crippen LogP contribution < -0.4 is 0 Å². The molecule has 5 rings (SSSR count). The third-order valence-corrected chi connectivity index (χ3v) is 6.78. The van der Waals surface area contributed by atoms with E-state index in [2.05, 4.69) is 4.57 Å². The monoisotopic (exact) mass is 467 g/mol. The molecule has 0 saturated heterocycles. The normalized spacial score (nSPS) is 17.7. The van der Waals surface area contributed by atoms with E-state index in [1.165, 1.54) is 0 Å². The highest BCUT2D eigenvalue weighted by atomic mass is 35.5. The van der Waals surface area contributed by atoms with Gasteiger partial charge in [-0.05, 0) is 54.8 Å². The van der Waals surface area contributed by atoms with Gasteiger partial charge in [0.15, 0.2) is 0 Å². The zero-order valence-electron chi connectivity index (χ0n) is 17.5. The molecule has 1 fully saturated rings. The van der Waals surface area contributed by atoms with Gasteiger partial charge in [-0.2, -0.15) is 0 Å². The number of aromatic nitrogens is 1. The molecule has 2 aromatic carbocycles. The highest BCUT2D eigenvalue weighted by Gasteiger charge is 2.38. The Morgan fingerprint density at radius 1 is 0.938 bits per heavy atom. The number of halogens is 2. The maximum absolute atomic E-state index is 13.6. The van der Waals surface area contributed by atoms with E-state index in [1.807, 2.05) is 47.5 Å². The van der Waals surface area contributed by atoms with Crippen molar-refractivity contribution in [3.8, 4) is 0 Å². The number of hydrogen-bond donors (Lipinski definition) is 0. The standard InChI is InChI=1S/C25H23Cl2N3O2/c26-18-9-7-17(8-10-18)24-22-6-3-13-28(22)14-15-29(24)23(31)16-30(19-11-12-19)25(32)20-4-1-2-5-21(20)27/h1-10,13,19,24H,11-12,14-16H2. The van der Waals surface area contributed by atoms with E-state index in [9.17, 15) is 9.59 Å². The van der Waals surface area contributed by atoms with Gasteiger partial charge >= 0.3 is 0 Å². The Kier molecular flexibility index (Phi) is 5.70. The molecule has 0 bridgehead atoms. The summed E-state index contributed by atoms with van der Waals surface area (Å²) >= 11 is 12.4. The topological polar surface area (TPSA) is 45.6 Å². The van der Waals surface area contributed by atoms with Gasteiger partial charge in [-0.3, -0.25) is 9.59 Å². The Hall–Kier alpha value is -2.76. The zero-order chi connectivity index (χ0) is 22.2. The summed E-state index contributed by atoms with van der Waals surface area (Å²) in [5, 5.41) is 1.06. The van der Waals surface area contributed by atoms with Crippen LogP contribution >= 0.6 is 23.2 Å². The SMILES string of the molecule is O=C(c1ccccc1Cl)N(CC(=O)N1CCn2cccc2C1c1ccc(Cl)cc1)C1CC1. The molecule has 1 saturated carbocycles. The minimum atomic E-state index is -0.222. The van der Waals surface area contributed by atoms with E-state index in [0.29, 0.717) is 22.2 Å². The molecule has 164 valence electrons. The van der Waals surface area contributed by atoms with Crippen molar-refractivity contribution in [2.45, 2.75) is 31.5 Å². The van der Waals surface area contributed by atoms with Crippen LogP contribution in [0.2, 0.25) is 10.0 Å². The number of carbonyl (C=O) groups is 2. The van der Waals surface area contributed by atoms with Gasteiger partial charge in [0, 0.05) is 36.0 Å². The summed E-state index contributed by atoms with van der Waals surface area (Å²) in [7, 11) is 0. The van der Waals surface area contributed by atoms with E-state index in [-0.39, 0.29) is 30.4 Å².